The Kier molecular flexibility index (Phi) is 4.04. The lowest BCUT2D eigenvalue weighted by Gasteiger charge is -2.09. The molecule has 0 aliphatic carbocycles. The van der Waals surface area contributed by atoms with Crippen LogP contribution in [0.25, 0.3) is 0 Å². The van der Waals surface area contributed by atoms with Gasteiger partial charge < -0.3 is 15.2 Å². The van der Waals surface area contributed by atoms with Gasteiger partial charge in [-0.25, -0.2) is 4.98 Å². The third-order valence-electron chi connectivity index (χ3n) is 2.34. The van der Waals surface area contributed by atoms with Crippen molar-refractivity contribution in [3.8, 4) is 11.6 Å². The zero-order valence-corrected chi connectivity index (χ0v) is 11.5. The van der Waals surface area contributed by atoms with Crippen molar-refractivity contribution in [3.05, 3.63) is 46.6 Å². The van der Waals surface area contributed by atoms with E-state index in [4.69, 9.17) is 15.2 Å². The van der Waals surface area contributed by atoms with E-state index in [9.17, 15) is 0 Å². The highest BCUT2D eigenvalue weighted by Crippen LogP contribution is 2.25. The van der Waals surface area contributed by atoms with Crippen LogP contribution in [0.3, 0.4) is 0 Å². The summed E-state index contributed by atoms with van der Waals surface area (Å²) in [7, 11) is 1.58. The predicted molar refractivity (Wildman–Crippen MR) is 73.7 cm³/mol. The molecule has 0 radical (unpaired) electrons. The summed E-state index contributed by atoms with van der Waals surface area (Å²) in [5.41, 5.74) is 7.22. The standard InChI is InChI=1S/C13H13BrN2O2/c1-17-13-4-2-3-10(16-13)8-18-12-6-5-9(14)7-11(12)15/h2-7H,8,15H2,1H3. The Morgan fingerprint density at radius 3 is 2.83 bits per heavy atom. The van der Waals surface area contributed by atoms with E-state index in [2.05, 4.69) is 20.9 Å². The lowest BCUT2D eigenvalue weighted by molar-refractivity contribution is 0.299. The first kappa shape index (κ1) is 12.7. The quantitative estimate of drug-likeness (QED) is 0.882. The van der Waals surface area contributed by atoms with E-state index in [1.165, 1.54) is 0 Å². The van der Waals surface area contributed by atoms with Gasteiger partial charge in [0.05, 0.1) is 18.5 Å². The van der Waals surface area contributed by atoms with Gasteiger partial charge in [0.15, 0.2) is 0 Å². The third-order valence-corrected chi connectivity index (χ3v) is 2.83. The Morgan fingerprint density at radius 2 is 2.11 bits per heavy atom. The second-order valence-corrected chi connectivity index (χ2v) is 4.56. The van der Waals surface area contributed by atoms with Crippen molar-refractivity contribution >= 4 is 21.6 Å². The zero-order valence-electron chi connectivity index (χ0n) is 9.89. The number of nitrogens with two attached hydrogens (primary N) is 1. The summed E-state index contributed by atoms with van der Waals surface area (Å²) in [4.78, 5) is 4.26. The topological polar surface area (TPSA) is 57.4 Å². The summed E-state index contributed by atoms with van der Waals surface area (Å²) in [6.45, 7) is 0.350. The van der Waals surface area contributed by atoms with Crippen molar-refractivity contribution in [2.24, 2.45) is 0 Å². The molecule has 2 aromatic rings. The van der Waals surface area contributed by atoms with Gasteiger partial charge in [0.2, 0.25) is 5.88 Å². The molecule has 2 N–H and O–H groups in total. The Labute approximate surface area is 114 Å². The van der Waals surface area contributed by atoms with Crippen LogP contribution in [-0.4, -0.2) is 12.1 Å². The number of hydrogen-bond acceptors (Lipinski definition) is 4. The van der Waals surface area contributed by atoms with Crippen LogP contribution in [0.5, 0.6) is 11.6 Å². The number of ether oxygens (including phenoxy) is 2. The van der Waals surface area contributed by atoms with E-state index in [0.29, 0.717) is 23.9 Å². The third kappa shape index (κ3) is 3.13. The lowest BCUT2D eigenvalue weighted by Crippen LogP contribution is -2.01. The average molecular weight is 309 g/mol. The van der Waals surface area contributed by atoms with Gasteiger partial charge in [-0.15, -0.1) is 0 Å². The summed E-state index contributed by atoms with van der Waals surface area (Å²) in [6, 6.07) is 11.0. The normalized spacial score (nSPS) is 10.1. The van der Waals surface area contributed by atoms with Gasteiger partial charge in [-0.2, -0.15) is 0 Å². The van der Waals surface area contributed by atoms with Crippen LogP contribution in [0.1, 0.15) is 5.69 Å². The smallest absolute Gasteiger partial charge is 0.213 e. The van der Waals surface area contributed by atoms with Crippen molar-refractivity contribution in [2.75, 3.05) is 12.8 Å². The number of methoxy groups -OCH3 is 1. The summed E-state index contributed by atoms with van der Waals surface area (Å²) >= 11 is 3.35. The average Bonchev–Trinajstić information content (AvgIpc) is 2.38. The van der Waals surface area contributed by atoms with E-state index >= 15 is 0 Å². The molecule has 0 aliphatic rings. The monoisotopic (exact) mass is 308 g/mol. The van der Waals surface area contributed by atoms with Crippen molar-refractivity contribution in [1.82, 2.24) is 4.98 Å². The molecule has 0 bridgehead atoms. The molecule has 94 valence electrons. The van der Waals surface area contributed by atoms with Gasteiger partial charge in [0, 0.05) is 10.5 Å². The van der Waals surface area contributed by atoms with Gasteiger partial charge in [-0.1, -0.05) is 22.0 Å². The molecule has 1 aromatic heterocycles. The van der Waals surface area contributed by atoms with Gasteiger partial charge in [-0.3, -0.25) is 0 Å². The highest BCUT2D eigenvalue weighted by Gasteiger charge is 2.03. The minimum Gasteiger partial charge on any atom is -0.485 e. The first-order valence-corrected chi connectivity index (χ1v) is 6.16. The fraction of sp³-hybridized carbons (Fsp3) is 0.154. The molecule has 0 spiro atoms. The van der Waals surface area contributed by atoms with E-state index in [-0.39, 0.29) is 0 Å². The number of pyridine rings is 1. The van der Waals surface area contributed by atoms with E-state index in [0.717, 1.165) is 10.2 Å². The van der Waals surface area contributed by atoms with Gasteiger partial charge in [0.1, 0.15) is 12.4 Å². The number of nitrogen functional groups attached to an aromatic ring is 1. The summed E-state index contributed by atoms with van der Waals surface area (Å²) in [5.74, 6) is 1.21. The highest BCUT2D eigenvalue weighted by molar-refractivity contribution is 9.10. The van der Waals surface area contributed by atoms with Gasteiger partial charge in [-0.05, 0) is 24.3 Å². The van der Waals surface area contributed by atoms with Crippen LogP contribution in [-0.2, 0) is 6.61 Å². The lowest BCUT2D eigenvalue weighted by atomic mass is 10.3. The van der Waals surface area contributed by atoms with Crippen LogP contribution >= 0.6 is 15.9 Å². The molecule has 4 nitrogen and oxygen atoms in total. The molecular formula is C13H13BrN2O2. The number of anilines is 1. The van der Waals surface area contributed by atoms with Crippen molar-refractivity contribution in [1.29, 1.82) is 0 Å². The molecule has 0 saturated carbocycles. The van der Waals surface area contributed by atoms with Gasteiger partial charge >= 0.3 is 0 Å². The number of halogens is 1. The first-order valence-electron chi connectivity index (χ1n) is 5.37. The number of hydrogen-bond donors (Lipinski definition) is 1. The minimum absolute atomic E-state index is 0.350. The zero-order chi connectivity index (χ0) is 13.0. The van der Waals surface area contributed by atoms with Crippen LogP contribution < -0.4 is 15.2 Å². The summed E-state index contributed by atoms with van der Waals surface area (Å²) < 4.78 is 11.6. The van der Waals surface area contributed by atoms with Crippen LogP contribution in [0.4, 0.5) is 5.69 Å². The number of rotatable bonds is 4. The Hall–Kier alpha value is -1.75. The highest BCUT2D eigenvalue weighted by atomic mass is 79.9. The molecule has 2 rings (SSSR count). The molecule has 0 saturated heterocycles. The molecule has 0 aliphatic heterocycles. The van der Waals surface area contributed by atoms with Crippen molar-refractivity contribution < 1.29 is 9.47 Å². The predicted octanol–water partition coefficient (Wildman–Crippen LogP) is 3.01. The first-order chi connectivity index (χ1) is 8.69. The largest absolute Gasteiger partial charge is 0.485 e. The molecule has 18 heavy (non-hydrogen) atoms. The Bertz CT molecular complexity index is 546. The molecule has 0 fully saturated rings. The maximum absolute atomic E-state index is 5.84. The SMILES string of the molecule is COc1cccc(COc2ccc(Br)cc2N)n1. The molecular weight excluding hydrogens is 296 g/mol. The van der Waals surface area contributed by atoms with Crippen LogP contribution in [0.15, 0.2) is 40.9 Å². The second kappa shape index (κ2) is 5.73. The maximum atomic E-state index is 5.84. The number of benzene rings is 1. The summed E-state index contributed by atoms with van der Waals surface area (Å²) in [5, 5.41) is 0. The maximum Gasteiger partial charge on any atom is 0.213 e. The Balaban J connectivity index is 2.06. The fourth-order valence-corrected chi connectivity index (χ4v) is 1.83. The van der Waals surface area contributed by atoms with Crippen molar-refractivity contribution in [3.63, 3.8) is 0 Å². The fourth-order valence-electron chi connectivity index (χ4n) is 1.45. The van der Waals surface area contributed by atoms with Gasteiger partial charge in [0.25, 0.3) is 0 Å². The molecule has 5 heteroatoms. The van der Waals surface area contributed by atoms with E-state index in [1.807, 2.05) is 24.3 Å². The number of nitrogens with zero attached hydrogens (tertiary/aromatic N) is 1. The Morgan fingerprint density at radius 1 is 1.28 bits per heavy atom. The molecule has 1 aromatic carbocycles. The van der Waals surface area contributed by atoms with E-state index in [1.54, 1.807) is 19.2 Å². The number of aromatic nitrogens is 1. The van der Waals surface area contributed by atoms with Crippen LogP contribution in [0.2, 0.25) is 0 Å². The molecule has 0 unspecified atom stereocenters. The van der Waals surface area contributed by atoms with Crippen molar-refractivity contribution in [2.45, 2.75) is 6.61 Å². The van der Waals surface area contributed by atoms with Crippen LogP contribution in [0, 0.1) is 0 Å². The molecule has 1 heterocycles. The second-order valence-electron chi connectivity index (χ2n) is 3.64. The molecule has 0 amide bonds. The summed E-state index contributed by atoms with van der Waals surface area (Å²) in [6.07, 6.45) is 0. The molecule has 0 atom stereocenters. The minimum atomic E-state index is 0.350. The van der Waals surface area contributed by atoms with E-state index < -0.39 is 0 Å².